The SMILES string of the molecule is COc1ccc([C@H]2c3sc(=O)n(CC(=O)Nc4cccc(C(F)(F)F)c4)c3SC3C(=O)N(c4ccccc4)C(=O)C32)cc1. The van der Waals surface area contributed by atoms with Crippen LogP contribution in [0.4, 0.5) is 24.5 Å². The van der Waals surface area contributed by atoms with Crippen molar-refractivity contribution in [3.8, 4) is 5.75 Å². The van der Waals surface area contributed by atoms with Crippen LogP contribution >= 0.6 is 23.1 Å². The smallest absolute Gasteiger partial charge is 0.416 e. The number of methoxy groups -OCH3 is 1. The summed E-state index contributed by atoms with van der Waals surface area (Å²) in [5.41, 5.74) is 0.125. The number of aromatic nitrogens is 1. The summed E-state index contributed by atoms with van der Waals surface area (Å²) in [6, 6.07) is 19.8. The number of nitrogens with one attached hydrogen (secondary N) is 1. The standard InChI is InChI=1S/C30H22F3N3O5S2/c1-41-20-12-10-16(11-13-20)22-23-24(27(39)36(26(23)38)19-8-3-2-4-9-19)42-28-25(22)43-29(40)35(28)15-21(37)34-18-7-5-6-17(14-18)30(31,32)33/h2-14,22-24H,15H2,1H3,(H,34,37)/t22-,23?,24?/m1/s1. The number of thiazole rings is 1. The van der Waals surface area contributed by atoms with E-state index in [2.05, 4.69) is 5.32 Å². The molecule has 3 amide bonds. The molecule has 13 heteroatoms. The summed E-state index contributed by atoms with van der Waals surface area (Å²) in [7, 11) is 1.52. The van der Waals surface area contributed by atoms with Gasteiger partial charge in [0.05, 0.1) is 29.3 Å². The second kappa shape index (κ2) is 11.0. The molecule has 0 aliphatic carbocycles. The maximum absolute atomic E-state index is 13.9. The number of para-hydroxylation sites is 1. The third-order valence-corrected chi connectivity index (χ3v) is 9.92. The number of rotatable bonds is 6. The largest absolute Gasteiger partial charge is 0.497 e. The first-order valence-corrected chi connectivity index (χ1v) is 14.7. The Morgan fingerprint density at radius 2 is 1.67 bits per heavy atom. The number of hydrogen-bond acceptors (Lipinski definition) is 7. The Labute approximate surface area is 251 Å². The summed E-state index contributed by atoms with van der Waals surface area (Å²) in [5.74, 6) is -2.44. The van der Waals surface area contributed by atoms with Crippen LogP contribution in [0.2, 0.25) is 0 Å². The Morgan fingerprint density at radius 3 is 2.35 bits per heavy atom. The first-order chi connectivity index (χ1) is 20.6. The van der Waals surface area contributed by atoms with Gasteiger partial charge in [-0.2, -0.15) is 13.2 Å². The molecule has 2 aliphatic rings. The van der Waals surface area contributed by atoms with Crippen LogP contribution in [0.15, 0.2) is 88.7 Å². The van der Waals surface area contributed by atoms with Crippen molar-refractivity contribution in [2.45, 2.75) is 28.9 Å². The highest BCUT2D eigenvalue weighted by Crippen LogP contribution is 2.54. The number of anilines is 2. The normalized spacial score (nSPS) is 19.6. The van der Waals surface area contributed by atoms with Gasteiger partial charge in [-0.25, -0.2) is 4.90 Å². The lowest BCUT2D eigenvalue weighted by atomic mass is 9.83. The van der Waals surface area contributed by atoms with Crippen molar-refractivity contribution in [1.82, 2.24) is 4.57 Å². The molecule has 1 fully saturated rings. The lowest BCUT2D eigenvalue weighted by Gasteiger charge is -2.30. The minimum atomic E-state index is -4.59. The first-order valence-electron chi connectivity index (χ1n) is 13.0. The Bertz CT molecular complexity index is 1790. The monoisotopic (exact) mass is 625 g/mol. The summed E-state index contributed by atoms with van der Waals surface area (Å²) in [4.78, 5) is 55.1. The molecule has 3 heterocycles. The number of thioether (sulfide) groups is 1. The number of ether oxygens (including phenoxy) is 1. The molecule has 43 heavy (non-hydrogen) atoms. The van der Waals surface area contributed by atoms with Gasteiger partial charge in [0.2, 0.25) is 17.7 Å². The summed E-state index contributed by atoms with van der Waals surface area (Å²) in [6.07, 6.45) is -4.59. The molecule has 2 aliphatic heterocycles. The fourth-order valence-corrected chi connectivity index (χ4v) is 8.15. The highest BCUT2D eigenvalue weighted by atomic mass is 32.2. The van der Waals surface area contributed by atoms with Crippen LogP contribution in [0.25, 0.3) is 0 Å². The van der Waals surface area contributed by atoms with E-state index in [0.29, 0.717) is 26.9 Å². The predicted molar refractivity (Wildman–Crippen MR) is 156 cm³/mol. The molecule has 220 valence electrons. The van der Waals surface area contributed by atoms with Crippen molar-refractivity contribution in [1.29, 1.82) is 0 Å². The van der Waals surface area contributed by atoms with Crippen molar-refractivity contribution in [3.05, 3.63) is 105 Å². The van der Waals surface area contributed by atoms with E-state index in [1.807, 2.05) is 0 Å². The van der Waals surface area contributed by atoms with Crippen molar-refractivity contribution < 1.29 is 32.3 Å². The molecule has 0 spiro atoms. The van der Waals surface area contributed by atoms with Gasteiger partial charge in [-0.1, -0.05) is 59.5 Å². The lowest BCUT2D eigenvalue weighted by molar-refractivity contribution is -0.137. The zero-order valence-corrected chi connectivity index (χ0v) is 24.0. The van der Waals surface area contributed by atoms with E-state index in [9.17, 15) is 32.3 Å². The Hall–Kier alpha value is -4.36. The zero-order valence-electron chi connectivity index (χ0n) is 22.3. The maximum atomic E-state index is 13.9. The molecule has 4 aromatic rings. The number of carbonyl (C=O) groups is 3. The molecule has 1 N–H and O–H groups in total. The van der Waals surface area contributed by atoms with Gasteiger partial charge in [-0.3, -0.25) is 23.7 Å². The van der Waals surface area contributed by atoms with Crippen LogP contribution in [0.3, 0.4) is 0 Å². The van der Waals surface area contributed by atoms with E-state index in [4.69, 9.17) is 4.74 Å². The molecule has 1 aromatic heterocycles. The van der Waals surface area contributed by atoms with Gasteiger partial charge in [0.1, 0.15) is 17.5 Å². The van der Waals surface area contributed by atoms with Gasteiger partial charge in [0.15, 0.2) is 0 Å². The average molecular weight is 626 g/mol. The minimum absolute atomic E-state index is 0.0733. The molecule has 1 saturated heterocycles. The van der Waals surface area contributed by atoms with Gasteiger partial charge in [0, 0.05) is 16.5 Å². The number of nitrogens with zero attached hydrogens (tertiary/aromatic N) is 2. The molecule has 8 nitrogen and oxygen atoms in total. The van der Waals surface area contributed by atoms with E-state index in [1.165, 1.54) is 23.8 Å². The van der Waals surface area contributed by atoms with Crippen molar-refractivity contribution in [2.24, 2.45) is 5.92 Å². The predicted octanol–water partition coefficient (Wildman–Crippen LogP) is 5.37. The van der Waals surface area contributed by atoms with Gasteiger partial charge >= 0.3 is 11.0 Å². The highest BCUT2D eigenvalue weighted by molar-refractivity contribution is 8.00. The zero-order chi connectivity index (χ0) is 30.5. The third kappa shape index (κ3) is 5.23. The number of benzene rings is 3. The molecule has 6 rings (SSSR count). The van der Waals surface area contributed by atoms with Crippen LogP contribution in [0.1, 0.15) is 21.9 Å². The molecular formula is C30H22F3N3O5S2. The molecule has 0 bridgehead atoms. The van der Waals surface area contributed by atoms with E-state index in [1.54, 1.807) is 54.6 Å². The van der Waals surface area contributed by atoms with Crippen molar-refractivity contribution in [2.75, 3.05) is 17.3 Å². The quantitative estimate of drug-likeness (QED) is 0.290. The van der Waals surface area contributed by atoms with Gasteiger partial charge in [-0.05, 0) is 48.0 Å². The van der Waals surface area contributed by atoms with Crippen LogP contribution in [0, 0.1) is 5.92 Å². The Morgan fingerprint density at radius 1 is 0.953 bits per heavy atom. The number of fused-ring (bicyclic) bond motifs is 2. The van der Waals surface area contributed by atoms with E-state index < -0.39 is 58.0 Å². The molecule has 0 saturated carbocycles. The van der Waals surface area contributed by atoms with Gasteiger partial charge < -0.3 is 10.1 Å². The Kier molecular flexibility index (Phi) is 7.38. The summed E-state index contributed by atoms with van der Waals surface area (Å²) in [5, 5.41) is 1.92. The maximum Gasteiger partial charge on any atom is 0.416 e. The van der Waals surface area contributed by atoms with Crippen molar-refractivity contribution >= 4 is 52.2 Å². The van der Waals surface area contributed by atoms with Crippen molar-refractivity contribution in [3.63, 3.8) is 0 Å². The summed E-state index contributed by atoms with van der Waals surface area (Å²) >= 11 is 1.93. The number of carbonyl (C=O) groups excluding carboxylic acids is 3. The number of halogens is 3. The topological polar surface area (TPSA) is 97.7 Å². The van der Waals surface area contributed by atoms with Gasteiger partial charge in [-0.15, -0.1) is 0 Å². The lowest BCUT2D eigenvalue weighted by Crippen LogP contribution is -2.33. The number of hydrogen-bond donors (Lipinski definition) is 1. The summed E-state index contributed by atoms with van der Waals surface area (Å²) in [6.45, 7) is -0.495. The van der Waals surface area contributed by atoms with E-state index in [-0.39, 0.29) is 5.69 Å². The second-order valence-corrected chi connectivity index (χ2v) is 12.0. The fraction of sp³-hybridized carbons (Fsp3) is 0.200. The minimum Gasteiger partial charge on any atom is -0.497 e. The van der Waals surface area contributed by atoms with Crippen LogP contribution in [-0.4, -0.2) is 34.6 Å². The molecule has 0 radical (unpaired) electrons. The van der Waals surface area contributed by atoms with Gasteiger partial charge in [0.25, 0.3) is 0 Å². The molecule has 3 atom stereocenters. The Balaban J connectivity index is 1.38. The third-order valence-electron chi connectivity index (χ3n) is 7.31. The highest BCUT2D eigenvalue weighted by Gasteiger charge is 2.56. The average Bonchev–Trinajstić information content (AvgIpc) is 3.43. The fourth-order valence-electron chi connectivity index (χ4n) is 5.37. The van der Waals surface area contributed by atoms with Crippen LogP contribution in [-0.2, 0) is 27.1 Å². The van der Waals surface area contributed by atoms with E-state index in [0.717, 1.165) is 40.1 Å². The summed E-state index contributed by atoms with van der Waals surface area (Å²) < 4.78 is 45.9. The van der Waals surface area contributed by atoms with Crippen LogP contribution < -0.4 is 19.8 Å². The second-order valence-electron chi connectivity index (χ2n) is 9.91. The molecule has 2 unspecified atom stereocenters. The first kappa shape index (κ1) is 28.7. The molecule has 3 aromatic carbocycles. The number of alkyl halides is 3. The van der Waals surface area contributed by atoms with E-state index >= 15 is 0 Å². The van der Waals surface area contributed by atoms with Crippen LogP contribution in [0.5, 0.6) is 5.75 Å². The number of amides is 3. The number of imide groups is 1. The molecular weight excluding hydrogens is 603 g/mol.